The number of halogens is 1. The molecule has 0 aromatic carbocycles. The second kappa shape index (κ2) is 12.6. The van der Waals surface area contributed by atoms with Crippen LogP contribution in [0.5, 0.6) is 0 Å². The molecule has 0 aromatic heterocycles. The van der Waals surface area contributed by atoms with Gasteiger partial charge in [-0.25, -0.2) is 0 Å². The number of hydrogen-bond donors (Lipinski definition) is 2. The number of aliphatic imine (C=N–C) groups is 1. The third-order valence-electron chi connectivity index (χ3n) is 3.44. The Labute approximate surface area is 140 Å². The molecule has 0 aromatic rings. The van der Waals surface area contributed by atoms with Gasteiger partial charge in [-0.15, -0.1) is 24.0 Å². The van der Waals surface area contributed by atoms with Gasteiger partial charge in [0.1, 0.15) is 0 Å². The molecule has 2 N–H and O–H groups in total. The summed E-state index contributed by atoms with van der Waals surface area (Å²) < 4.78 is 5.11. The van der Waals surface area contributed by atoms with Crippen LogP contribution in [0.3, 0.4) is 0 Å². The van der Waals surface area contributed by atoms with Gasteiger partial charge in [-0.2, -0.15) is 0 Å². The summed E-state index contributed by atoms with van der Waals surface area (Å²) in [7, 11) is 3.52. The quantitative estimate of drug-likeness (QED) is 0.406. The van der Waals surface area contributed by atoms with Crippen molar-refractivity contribution in [2.24, 2.45) is 4.99 Å². The van der Waals surface area contributed by atoms with Crippen LogP contribution in [-0.2, 0) is 4.74 Å². The zero-order valence-electron chi connectivity index (χ0n) is 13.2. The van der Waals surface area contributed by atoms with Crippen LogP contribution >= 0.6 is 24.0 Å². The molecule has 1 rings (SSSR count). The molecule has 5 nitrogen and oxygen atoms in total. The van der Waals surface area contributed by atoms with Gasteiger partial charge in [0.2, 0.25) is 0 Å². The van der Waals surface area contributed by atoms with Crippen LogP contribution in [0.25, 0.3) is 0 Å². The van der Waals surface area contributed by atoms with Crippen molar-refractivity contribution in [1.29, 1.82) is 0 Å². The molecule has 6 heteroatoms. The Morgan fingerprint density at radius 1 is 1.25 bits per heavy atom. The predicted octanol–water partition coefficient (Wildman–Crippen LogP) is 1.68. The number of likely N-dealkylation sites (tertiary alicyclic amines) is 1. The van der Waals surface area contributed by atoms with Crippen LogP contribution < -0.4 is 10.6 Å². The Bertz CT molecular complexity index is 256. The number of rotatable bonds is 6. The van der Waals surface area contributed by atoms with Gasteiger partial charge >= 0.3 is 0 Å². The predicted molar refractivity (Wildman–Crippen MR) is 96.2 cm³/mol. The van der Waals surface area contributed by atoms with Gasteiger partial charge in [0, 0.05) is 33.3 Å². The van der Waals surface area contributed by atoms with E-state index in [1.165, 1.54) is 38.8 Å². The first-order chi connectivity index (χ1) is 9.26. The molecular weight excluding hydrogens is 367 g/mol. The van der Waals surface area contributed by atoms with Crippen molar-refractivity contribution in [2.75, 3.05) is 46.9 Å². The minimum absolute atomic E-state index is 0. The van der Waals surface area contributed by atoms with Gasteiger partial charge in [-0.1, -0.05) is 12.8 Å². The fourth-order valence-electron chi connectivity index (χ4n) is 2.41. The number of hydrogen-bond acceptors (Lipinski definition) is 3. The highest BCUT2D eigenvalue weighted by Gasteiger charge is 2.09. The van der Waals surface area contributed by atoms with Crippen LogP contribution in [0.2, 0.25) is 0 Å². The maximum absolute atomic E-state index is 5.11. The van der Waals surface area contributed by atoms with Crippen LogP contribution in [0.15, 0.2) is 4.99 Å². The lowest BCUT2D eigenvalue weighted by atomic mass is 10.2. The normalized spacial score (nSPS) is 18.9. The number of nitrogens with zero attached hydrogens (tertiary/aromatic N) is 2. The number of guanidine groups is 1. The van der Waals surface area contributed by atoms with E-state index in [1.54, 1.807) is 14.2 Å². The Hall–Kier alpha value is -0.0800. The summed E-state index contributed by atoms with van der Waals surface area (Å²) in [6, 6.07) is 0.273. The second-order valence-corrected chi connectivity index (χ2v) is 5.26. The van der Waals surface area contributed by atoms with E-state index < -0.39 is 0 Å². The van der Waals surface area contributed by atoms with E-state index in [0.29, 0.717) is 6.61 Å². The molecule has 1 unspecified atom stereocenters. The minimum Gasteiger partial charge on any atom is -0.383 e. The van der Waals surface area contributed by atoms with Crippen molar-refractivity contribution in [2.45, 2.75) is 38.6 Å². The molecule has 1 fully saturated rings. The molecule has 0 saturated carbocycles. The molecule has 1 aliphatic heterocycles. The number of methoxy groups -OCH3 is 1. The zero-order chi connectivity index (χ0) is 13.9. The molecule has 0 aliphatic carbocycles. The summed E-state index contributed by atoms with van der Waals surface area (Å²) in [5.74, 6) is 0.861. The van der Waals surface area contributed by atoms with Crippen molar-refractivity contribution in [3.63, 3.8) is 0 Å². The Balaban J connectivity index is 0.00000361. The van der Waals surface area contributed by atoms with Crippen LogP contribution in [0.1, 0.15) is 32.6 Å². The van der Waals surface area contributed by atoms with E-state index in [0.717, 1.165) is 19.0 Å². The van der Waals surface area contributed by atoms with Crippen molar-refractivity contribution < 1.29 is 4.74 Å². The average Bonchev–Trinajstić information content (AvgIpc) is 2.66. The lowest BCUT2D eigenvalue weighted by molar-refractivity contribution is 0.179. The monoisotopic (exact) mass is 398 g/mol. The van der Waals surface area contributed by atoms with Gasteiger partial charge in [0.05, 0.1) is 6.61 Å². The molecule has 0 spiro atoms. The van der Waals surface area contributed by atoms with E-state index in [4.69, 9.17) is 4.74 Å². The Kier molecular flexibility index (Phi) is 12.6. The van der Waals surface area contributed by atoms with Gasteiger partial charge in [-0.05, 0) is 32.9 Å². The molecule has 0 radical (unpaired) electrons. The molecule has 1 aliphatic rings. The summed E-state index contributed by atoms with van der Waals surface area (Å²) in [6.07, 6.45) is 5.47. The third kappa shape index (κ3) is 8.97. The Morgan fingerprint density at radius 2 is 1.90 bits per heavy atom. The third-order valence-corrected chi connectivity index (χ3v) is 3.44. The summed E-state index contributed by atoms with van der Waals surface area (Å²) in [5, 5.41) is 6.68. The van der Waals surface area contributed by atoms with Crippen LogP contribution in [-0.4, -0.2) is 63.8 Å². The van der Waals surface area contributed by atoms with Crippen molar-refractivity contribution in [3.05, 3.63) is 0 Å². The first kappa shape index (κ1) is 19.9. The molecule has 1 saturated heterocycles. The van der Waals surface area contributed by atoms with Crippen LogP contribution in [0, 0.1) is 0 Å². The molecule has 120 valence electrons. The summed E-state index contributed by atoms with van der Waals surface area (Å²) in [6.45, 7) is 7.30. The van der Waals surface area contributed by atoms with E-state index in [9.17, 15) is 0 Å². The van der Waals surface area contributed by atoms with Crippen LogP contribution in [0.4, 0.5) is 0 Å². The smallest absolute Gasteiger partial charge is 0.191 e. The largest absolute Gasteiger partial charge is 0.383 e. The second-order valence-electron chi connectivity index (χ2n) is 5.26. The SMILES string of the molecule is CN=C(NCCN1CCCCCC1)NC(C)COC.I. The van der Waals surface area contributed by atoms with E-state index in [1.807, 2.05) is 0 Å². The summed E-state index contributed by atoms with van der Waals surface area (Å²) >= 11 is 0. The van der Waals surface area contributed by atoms with Gasteiger partial charge in [0.15, 0.2) is 5.96 Å². The maximum Gasteiger partial charge on any atom is 0.191 e. The first-order valence-corrected chi connectivity index (χ1v) is 7.44. The lowest BCUT2D eigenvalue weighted by Gasteiger charge is -2.22. The number of nitrogens with one attached hydrogen (secondary N) is 2. The maximum atomic E-state index is 5.11. The Morgan fingerprint density at radius 3 is 2.45 bits per heavy atom. The fraction of sp³-hybridized carbons (Fsp3) is 0.929. The lowest BCUT2D eigenvalue weighted by Crippen LogP contribution is -2.46. The standard InChI is InChI=1S/C14H30N4O.HI/c1-13(12-19-3)17-14(15-2)16-8-11-18-9-6-4-5-7-10-18;/h13H,4-12H2,1-3H3,(H2,15,16,17);1H. The topological polar surface area (TPSA) is 48.9 Å². The highest BCUT2D eigenvalue weighted by atomic mass is 127. The summed E-state index contributed by atoms with van der Waals surface area (Å²) in [5.41, 5.74) is 0. The van der Waals surface area contributed by atoms with Crippen molar-refractivity contribution in [1.82, 2.24) is 15.5 Å². The molecule has 20 heavy (non-hydrogen) atoms. The van der Waals surface area contributed by atoms with E-state index in [2.05, 4.69) is 27.4 Å². The molecule has 1 atom stereocenters. The average molecular weight is 398 g/mol. The zero-order valence-corrected chi connectivity index (χ0v) is 15.5. The highest BCUT2D eigenvalue weighted by Crippen LogP contribution is 2.08. The van der Waals surface area contributed by atoms with Gasteiger partial charge in [0.25, 0.3) is 0 Å². The highest BCUT2D eigenvalue weighted by molar-refractivity contribution is 14.0. The minimum atomic E-state index is 0. The van der Waals surface area contributed by atoms with Crippen molar-refractivity contribution >= 4 is 29.9 Å². The fourth-order valence-corrected chi connectivity index (χ4v) is 2.41. The van der Waals surface area contributed by atoms with E-state index >= 15 is 0 Å². The van der Waals surface area contributed by atoms with Crippen molar-refractivity contribution in [3.8, 4) is 0 Å². The first-order valence-electron chi connectivity index (χ1n) is 7.44. The number of ether oxygens (including phenoxy) is 1. The molecule has 0 bridgehead atoms. The van der Waals surface area contributed by atoms with E-state index in [-0.39, 0.29) is 30.0 Å². The molecule has 0 amide bonds. The summed E-state index contributed by atoms with van der Waals surface area (Å²) in [4.78, 5) is 6.78. The van der Waals surface area contributed by atoms with Gasteiger partial charge in [-0.3, -0.25) is 4.99 Å². The molecule has 1 heterocycles. The molecular formula is C14H31IN4O. The van der Waals surface area contributed by atoms with Gasteiger partial charge < -0.3 is 20.3 Å².